The van der Waals surface area contributed by atoms with E-state index in [0.717, 1.165) is 44.7 Å². The van der Waals surface area contributed by atoms with Crippen LogP contribution in [0.2, 0.25) is 0 Å². The van der Waals surface area contributed by atoms with Gasteiger partial charge in [-0.3, -0.25) is 9.88 Å². The summed E-state index contributed by atoms with van der Waals surface area (Å²) in [6.45, 7) is 5.62. The minimum atomic E-state index is 0.00244. The Balaban J connectivity index is 1.38. The molecule has 142 valence electrons. The number of fused-ring (bicyclic) bond motifs is 1. The molecule has 1 saturated heterocycles. The van der Waals surface area contributed by atoms with Gasteiger partial charge in [-0.05, 0) is 49.3 Å². The number of carbonyl (C=O) groups excluding carboxylic acids is 1. The lowest BCUT2D eigenvalue weighted by molar-refractivity contribution is 0.104. The summed E-state index contributed by atoms with van der Waals surface area (Å²) in [5, 5.41) is 3.14. The van der Waals surface area contributed by atoms with Crippen molar-refractivity contribution < 1.29 is 4.79 Å². The Morgan fingerprint density at radius 3 is 2.78 bits per heavy atom. The molecule has 0 saturated carbocycles. The van der Waals surface area contributed by atoms with Crippen molar-refractivity contribution in [1.29, 1.82) is 0 Å². The Hall–Kier alpha value is -2.40. The fourth-order valence-corrected chi connectivity index (χ4v) is 4.27. The summed E-state index contributed by atoms with van der Waals surface area (Å²) in [4.78, 5) is 21.6. The van der Waals surface area contributed by atoms with E-state index in [9.17, 15) is 4.79 Å². The van der Waals surface area contributed by atoms with Crippen LogP contribution < -0.4 is 5.32 Å². The fraction of sp³-hybridized carbons (Fsp3) is 0.455. The van der Waals surface area contributed by atoms with Gasteiger partial charge in [-0.25, -0.2) is 4.79 Å². The molecule has 1 fully saturated rings. The number of urea groups is 1. The topological polar surface area (TPSA) is 48.5 Å². The molecule has 2 amide bonds. The van der Waals surface area contributed by atoms with E-state index in [1.807, 2.05) is 17.2 Å². The van der Waals surface area contributed by atoms with Crippen LogP contribution in [0.3, 0.4) is 0 Å². The Morgan fingerprint density at radius 1 is 1.15 bits per heavy atom. The van der Waals surface area contributed by atoms with Crippen molar-refractivity contribution in [3.8, 4) is 0 Å². The first kappa shape index (κ1) is 18.0. The second kappa shape index (κ2) is 8.09. The smallest absolute Gasteiger partial charge is 0.319 e. The number of pyridine rings is 1. The van der Waals surface area contributed by atoms with Crippen LogP contribution in [0.25, 0.3) is 0 Å². The van der Waals surface area contributed by atoms with Crippen LogP contribution in [0.1, 0.15) is 36.5 Å². The van der Waals surface area contributed by atoms with Crippen molar-refractivity contribution in [2.45, 2.75) is 45.2 Å². The average Bonchev–Trinajstić information content (AvgIpc) is 2.69. The minimum absolute atomic E-state index is 0.00244. The zero-order chi connectivity index (χ0) is 18.6. The van der Waals surface area contributed by atoms with Gasteiger partial charge < -0.3 is 10.2 Å². The Bertz CT molecular complexity index is 792. The van der Waals surface area contributed by atoms with E-state index in [2.05, 4.69) is 46.4 Å². The number of hydrogen-bond donors (Lipinski definition) is 1. The van der Waals surface area contributed by atoms with Crippen molar-refractivity contribution in [2.75, 3.05) is 25.0 Å². The first-order chi connectivity index (χ1) is 13.2. The van der Waals surface area contributed by atoms with E-state index >= 15 is 0 Å². The number of carbonyl (C=O) groups is 1. The number of nitrogens with one attached hydrogen (secondary N) is 1. The number of piperazine rings is 1. The highest BCUT2D eigenvalue weighted by Crippen LogP contribution is 2.27. The van der Waals surface area contributed by atoms with Gasteiger partial charge in [0.25, 0.3) is 0 Å². The highest BCUT2D eigenvalue weighted by atomic mass is 16.2. The maximum absolute atomic E-state index is 12.9. The van der Waals surface area contributed by atoms with Crippen molar-refractivity contribution in [3.63, 3.8) is 0 Å². The summed E-state index contributed by atoms with van der Waals surface area (Å²) >= 11 is 0. The molecule has 2 aliphatic rings. The van der Waals surface area contributed by atoms with Crippen molar-refractivity contribution in [3.05, 3.63) is 59.4 Å². The van der Waals surface area contributed by atoms with E-state index < -0.39 is 0 Å². The van der Waals surface area contributed by atoms with Crippen LogP contribution in [0.5, 0.6) is 0 Å². The average molecular weight is 364 g/mol. The van der Waals surface area contributed by atoms with Crippen LogP contribution in [0, 0.1) is 0 Å². The SMILES string of the molecule is CC1CN(Cc2ccccc2)CCN1C(=O)Nc1cncc2c1CCCC2. The molecular weight excluding hydrogens is 336 g/mol. The van der Waals surface area contributed by atoms with Crippen LogP contribution in [-0.4, -0.2) is 46.5 Å². The molecule has 0 spiro atoms. The Labute approximate surface area is 161 Å². The second-order valence-corrected chi connectivity index (χ2v) is 7.73. The van der Waals surface area contributed by atoms with Gasteiger partial charge >= 0.3 is 6.03 Å². The molecule has 1 aromatic heterocycles. The molecule has 1 unspecified atom stereocenters. The monoisotopic (exact) mass is 364 g/mol. The van der Waals surface area contributed by atoms with Gasteiger partial charge in [0.15, 0.2) is 0 Å². The van der Waals surface area contributed by atoms with Crippen LogP contribution >= 0.6 is 0 Å². The van der Waals surface area contributed by atoms with E-state index in [1.165, 1.54) is 29.5 Å². The molecule has 4 rings (SSSR count). The summed E-state index contributed by atoms with van der Waals surface area (Å²) in [6, 6.07) is 10.7. The molecule has 2 aromatic rings. The van der Waals surface area contributed by atoms with E-state index in [0.29, 0.717) is 0 Å². The van der Waals surface area contributed by atoms with E-state index in [-0.39, 0.29) is 12.1 Å². The predicted octanol–water partition coefficient (Wildman–Crippen LogP) is 3.70. The number of rotatable bonds is 3. The van der Waals surface area contributed by atoms with Crippen molar-refractivity contribution in [1.82, 2.24) is 14.8 Å². The lowest BCUT2D eigenvalue weighted by Crippen LogP contribution is -2.54. The minimum Gasteiger partial charge on any atom is -0.319 e. The van der Waals surface area contributed by atoms with Gasteiger partial charge in [-0.1, -0.05) is 30.3 Å². The molecule has 1 aliphatic heterocycles. The molecule has 27 heavy (non-hydrogen) atoms. The molecule has 5 heteroatoms. The van der Waals surface area contributed by atoms with Gasteiger partial charge in [0, 0.05) is 38.4 Å². The third-order valence-corrected chi connectivity index (χ3v) is 5.73. The number of nitrogens with zero attached hydrogens (tertiary/aromatic N) is 3. The van der Waals surface area contributed by atoms with Gasteiger partial charge in [-0.15, -0.1) is 0 Å². The van der Waals surface area contributed by atoms with Crippen molar-refractivity contribution >= 4 is 11.7 Å². The molecule has 1 N–H and O–H groups in total. The number of amides is 2. The Kier molecular flexibility index (Phi) is 5.39. The number of anilines is 1. The quantitative estimate of drug-likeness (QED) is 0.903. The number of aryl methyl sites for hydroxylation is 1. The maximum Gasteiger partial charge on any atom is 0.322 e. The largest absolute Gasteiger partial charge is 0.322 e. The zero-order valence-corrected chi connectivity index (χ0v) is 16.0. The van der Waals surface area contributed by atoms with Crippen molar-refractivity contribution in [2.24, 2.45) is 0 Å². The summed E-state index contributed by atoms with van der Waals surface area (Å²) in [5.41, 5.74) is 4.79. The van der Waals surface area contributed by atoms with Gasteiger partial charge in [0.05, 0.1) is 11.9 Å². The van der Waals surface area contributed by atoms with Crippen LogP contribution in [0.15, 0.2) is 42.7 Å². The lowest BCUT2D eigenvalue weighted by atomic mass is 9.92. The van der Waals surface area contributed by atoms with Crippen LogP contribution in [-0.2, 0) is 19.4 Å². The molecular formula is C22H28N4O. The number of hydrogen-bond acceptors (Lipinski definition) is 3. The second-order valence-electron chi connectivity index (χ2n) is 7.73. The van der Waals surface area contributed by atoms with Crippen LogP contribution in [0.4, 0.5) is 10.5 Å². The molecule has 2 heterocycles. The normalized spacial score (nSPS) is 20.2. The Morgan fingerprint density at radius 2 is 1.96 bits per heavy atom. The first-order valence-corrected chi connectivity index (χ1v) is 10.0. The van der Waals surface area contributed by atoms with E-state index in [4.69, 9.17) is 0 Å². The maximum atomic E-state index is 12.9. The summed E-state index contributed by atoms with van der Waals surface area (Å²) in [6.07, 6.45) is 8.27. The molecule has 1 atom stereocenters. The van der Waals surface area contributed by atoms with Gasteiger partial charge in [0.1, 0.15) is 0 Å². The summed E-state index contributed by atoms with van der Waals surface area (Å²) < 4.78 is 0. The molecule has 1 aliphatic carbocycles. The molecule has 0 bridgehead atoms. The van der Waals surface area contributed by atoms with Gasteiger partial charge in [-0.2, -0.15) is 0 Å². The third kappa shape index (κ3) is 4.14. The highest BCUT2D eigenvalue weighted by molar-refractivity contribution is 5.90. The highest BCUT2D eigenvalue weighted by Gasteiger charge is 2.28. The summed E-state index contributed by atoms with van der Waals surface area (Å²) in [7, 11) is 0. The van der Waals surface area contributed by atoms with E-state index in [1.54, 1.807) is 6.20 Å². The fourth-order valence-electron chi connectivity index (χ4n) is 4.27. The molecule has 5 nitrogen and oxygen atoms in total. The number of aromatic nitrogens is 1. The predicted molar refractivity (Wildman–Crippen MR) is 108 cm³/mol. The third-order valence-electron chi connectivity index (χ3n) is 5.73. The number of benzene rings is 1. The lowest BCUT2D eigenvalue weighted by Gasteiger charge is -2.40. The molecule has 1 aromatic carbocycles. The first-order valence-electron chi connectivity index (χ1n) is 10.0. The zero-order valence-electron chi connectivity index (χ0n) is 16.0. The standard InChI is InChI=1S/C22H28N4O/c1-17-15-25(16-18-7-3-2-4-8-18)11-12-26(17)22(27)24-21-14-23-13-19-9-5-6-10-20(19)21/h2-4,7-8,13-14,17H,5-6,9-12,15-16H2,1H3,(H,24,27). The summed E-state index contributed by atoms with van der Waals surface area (Å²) in [5.74, 6) is 0. The van der Waals surface area contributed by atoms with Gasteiger partial charge in [0.2, 0.25) is 0 Å². The molecule has 0 radical (unpaired) electrons.